The number of fused-ring (bicyclic) bond motifs is 1. The lowest BCUT2D eigenvalue weighted by Gasteiger charge is -1.99. The zero-order valence-electron chi connectivity index (χ0n) is 10.5. The van der Waals surface area contributed by atoms with E-state index in [1.807, 2.05) is 36.4 Å². The summed E-state index contributed by atoms with van der Waals surface area (Å²) < 4.78 is 5.67. The van der Waals surface area contributed by atoms with Crippen molar-refractivity contribution in [2.75, 3.05) is 0 Å². The lowest BCUT2D eigenvalue weighted by molar-refractivity contribution is 0.591. The third kappa shape index (κ3) is 2.65. The summed E-state index contributed by atoms with van der Waals surface area (Å²) in [5.74, 6) is 0.522. The maximum Gasteiger partial charge on any atom is 0.193 e. The summed E-state index contributed by atoms with van der Waals surface area (Å²) in [5.41, 5.74) is 1.49. The Hall–Kier alpha value is -2.32. The van der Waals surface area contributed by atoms with Crippen LogP contribution in [0.3, 0.4) is 0 Å². The zero-order chi connectivity index (χ0) is 13.9. The zero-order valence-corrected chi connectivity index (χ0v) is 11.3. The highest BCUT2D eigenvalue weighted by Crippen LogP contribution is 2.18. The molecule has 0 saturated heterocycles. The van der Waals surface area contributed by atoms with E-state index in [1.165, 1.54) is 6.07 Å². The Morgan fingerprint density at radius 2 is 1.75 bits per heavy atom. The van der Waals surface area contributed by atoms with Gasteiger partial charge in [0.2, 0.25) is 0 Å². The SMILES string of the molecule is O=c1cc(/C=C/c2ccccc2)oc2ccc(Cl)cc12. The van der Waals surface area contributed by atoms with E-state index in [0.717, 1.165) is 5.56 Å². The number of benzene rings is 2. The quantitative estimate of drug-likeness (QED) is 0.687. The van der Waals surface area contributed by atoms with E-state index in [1.54, 1.807) is 24.3 Å². The van der Waals surface area contributed by atoms with Crippen molar-refractivity contribution >= 4 is 34.7 Å². The van der Waals surface area contributed by atoms with Crippen molar-refractivity contribution < 1.29 is 4.42 Å². The first-order chi connectivity index (χ1) is 9.72. The Balaban J connectivity index is 2.03. The topological polar surface area (TPSA) is 30.2 Å². The Morgan fingerprint density at radius 3 is 2.55 bits per heavy atom. The van der Waals surface area contributed by atoms with Gasteiger partial charge in [0.25, 0.3) is 0 Å². The summed E-state index contributed by atoms with van der Waals surface area (Å²) in [6.45, 7) is 0. The fraction of sp³-hybridized carbons (Fsp3) is 0. The summed E-state index contributed by atoms with van der Waals surface area (Å²) >= 11 is 5.88. The molecule has 0 aliphatic heterocycles. The van der Waals surface area contributed by atoms with E-state index < -0.39 is 0 Å². The van der Waals surface area contributed by atoms with Crippen LogP contribution < -0.4 is 5.43 Å². The van der Waals surface area contributed by atoms with Gasteiger partial charge < -0.3 is 4.42 Å². The molecule has 98 valence electrons. The number of hydrogen-bond acceptors (Lipinski definition) is 2. The molecule has 2 nitrogen and oxygen atoms in total. The Bertz CT molecular complexity index is 832. The summed E-state index contributed by atoms with van der Waals surface area (Å²) in [6.07, 6.45) is 3.69. The van der Waals surface area contributed by atoms with E-state index in [4.69, 9.17) is 16.0 Å². The smallest absolute Gasteiger partial charge is 0.193 e. The normalized spacial score (nSPS) is 11.2. The van der Waals surface area contributed by atoms with Crippen LogP contribution in [0.1, 0.15) is 11.3 Å². The first kappa shape index (κ1) is 12.7. The van der Waals surface area contributed by atoms with E-state index in [-0.39, 0.29) is 5.43 Å². The van der Waals surface area contributed by atoms with Crippen LogP contribution in [0, 0.1) is 0 Å². The van der Waals surface area contributed by atoms with Crippen molar-refractivity contribution in [3.05, 3.63) is 81.2 Å². The first-order valence-corrected chi connectivity index (χ1v) is 6.57. The van der Waals surface area contributed by atoms with E-state index >= 15 is 0 Å². The minimum absolute atomic E-state index is 0.0959. The van der Waals surface area contributed by atoms with Gasteiger partial charge in [-0.2, -0.15) is 0 Å². The van der Waals surface area contributed by atoms with E-state index in [2.05, 4.69) is 0 Å². The maximum atomic E-state index is 12.0. The predicted octanol–water partition coefficient (Wildman–Crippen LogP) is 4.62. The van der Waals surface area contributed by atoms with Crippen LogP contribution in [0.5, 0.6) is 0 Å². The molecule has 3 heteroatoms. The van der Waals surface area contributed by atoms with Crippen LogP contribution in [-0.2, 0) is 0 Å². The van der Waals surface area contributed by atoms with E-state index in [0.29, 0.717) is 21.8 Å². The second kappa shape index (κ2) is 5.35. The predicted molar refractivity (Wildman–Crippen MR) is 82.9 cm³/mol. The monoisotopic (exact) mass is 282 g/mol. The molecule has 0 unspecified atom stereocenters. The highest BCUT2D eigenvalue weighted by atomic mass is 35.5. The van der Waals surface area contributed by atoms with Crippen LogP contribution in [0.4, 0.5) is 0 Å². The van der Waals surface area contributed by atoms with Crippen LogP contribution in [-0.4, -0.2) is 0 Å². The molecule has 0 N–H and O–H groups in total. The van der Waals surface area contributed by atoms with Crippen LogP contribution >= 0.6 is 11.6 Å². The average Bonchev–Trinajstić information content (AvgIpc) is 2.47. The minimum Gasteiger partial charge on any atom is -0.456 e. The van der Waals surface area contributed by atoms with Crippen LogP contribution in [0.2, 0.25) is 5.02 Å². The standard InChI is InChI=1S/C17H11ClO2/c18-13-7-9-17-15(10-13)16(19)11-14(20-17)8-6-12-4-2-1-3-5-12/h1-11H/b8-6+. The van der Waals surface area contributed by atoms with Gasteiger partial charge in [-0.1, -0.05) is 48.0 Å². The Labute approximate surface area is 120 Å². The van der Waals surface area contributed by atoms with Gasteiger partial charge in [-0.05, 0) is 29.8 Å². The van der Waals surface area contributed by atoms with Crippen molar-refractivity contribution in [2.45, 2.75) is 0 Å². The van der Waals surface area contributed by atoms with Crippen molar-refractivity contribution in [1.29, 1.82) is 0 Å². The average molecular weight is 283 g/mol. The second-order valence-electron chi connectivity index (χ2n) is 4.40. The van der Waals surface area contributed by atoms with Gasteiger partial charge in [-0.25, -0.2) is 0 Å². The van der Waals surface area contributed by atoms with Crippen molar-refractivity contribution in [3.8, 4) is 0 Å². The molecule has 3 rings (SSSR count). The lowest BCUT2D eigenvalue weighted by atomic mass is 10.2. The van der Waals surface area contributed by atoms with Crippen LogP contribution in [0.15, 0.2) is 63.8 Å². The molecule has 0 saturated carbocycles. The summed E-state index contributed by atoms with van der Waals surface area (Å²) in [4.78, 5) is 12.0. The van der Waals surface area contributed by atoms with Gasteiger partial charge >= 0.3 is 0 Å². The summed E-state index contributed by atoms with van der Waals surface area (Å²) in [6, 6.07) is 16.3. The molecule has 0 radical (unpaired) electrons. The molecule has 20 heavy (non-hydrogen) atoms. The molecule has 0 aliphatic carbocycles. The Kier molecular flexibility index (Phi) is 3.40. The number of halogens is 1. The molecule has 3 aromatic rings. The third-order valence-corrected chi connectivity index (χ3v) is 3.18. The minimum atomic E-state index is -0.0959. The second-order valence-corrected chi connectivity index (χ2v) is 4.83. The first-order valence-electron chi connectivity index (χ1n) is 6.19. The van der Waals surface area contributed by atoms with Crippen LogP contribution in [0.25, 0.3) is 23.1 Å². The van der Waals surface area contributed by atoms with Gasteiger partial charge in [-0.3, -0.25) is 4.79 Å². The van der Waals surface area contributed by atoms with Gasteiger partial charge in [0.15, 0.2) is 5.43 Å². The molecule has 0 atom stereocenters. The van der Waals surface area contributed by atoms with Gasteiger partial charge in [-0.15, -0.1) is 0 Å². The molecule has 1 heterocycles. The number of rotatable bonds is 2. The molecule has 0 bridgehead atoms. The molecule has 0 spiro atoms. The summed E-state index contributed by atoms with van der Waals surface area (Å²) in [7, 11) is 0. The van der Waals surface area contributed by atoms with Crippen molar-refractivity contribution in [2.24, 2.45) is 0 Å². The molecular weight excluding hydrogens is 272 g/mol. The van der Waals surface area contributed by atoms with Gasteiger partial charge in [0.1, 0.15) is 11.3 Å². The van der Waals surface area contributed by atoms with Gasteiger partial charge in [0.05, 0.1) is 5.39 Å². The fourth-order valence-corrected chi connectivity index (χ4v) is 2.14. The molecule has 1 aromatic heterocycles. The van der Waals surface area contributed by atoms with Crippen molar-refractivity contribution in [1.82, 2.24) is 0 Å². The lowest BCUT2D eigenvalue weighted by Crippen LogP contribution is -1.99. The van der Waals surface area contributed by atoms with E-state index in [9.17, 15) is 4.79 Å². The molecule has 0 amide bonds. The third-order valence-electron chi connectivity index (χ3n) is 2.95. The highest BCUT2D eigenvalue weighted by Gasteiger charge is 2.03. The largest absolute Gasteiger partial charge is 0.456 e. The fourth-order valence-electron chi connectivity index (χ4n) is 1.97. The maximum absolute atomic E-state index is 12.0. The van der Waals surface area contributed by atoms with Gasteiger partial charge in [0, 0.05) is 11.1 Å². The molecule has 0 fully saturated rings. The van der Waals surface area contributed by atoms with Crippen molar-refractivity contribution in [3.63, 3.8) is 0 Å². The molecular formula is C17H11ClO2. The highest BCUT2D eigenvalue weighted by molar-refractivity contribution is 6.31. The Morgan fingerprint density at radius 1 is 0.950 bits per heavy atom. The summed E-state index contributed by atoms with van der Waals surface area (Å²) in [5, 5.41) is 1.02. The molecule has 0 aliphatic rings. The number of hydrogen-bond donors (Lipinski definition) is 0. The molecule has 2 aromatic carbocycles.